The number of alkyl carbamates (subject to hydrolysis) is 1. The number of hydrogen-bond acceptors (Lipinski definition) is 4. The lowest BCUT2D eigenvalue weighted by molar-refractivity contribution is 0.158. The van der Waals surface area contributed by atoms with E-state index in [9.17, 15) is 4.79 Å². The van der Waals surface area contributed by atoms with Crippen molar-refractivity contribution in [2.24, 2.45) is 0 Å². The Morgan fingerprint density at radius 3 is 3.06 bits per heavy atom. The van der Waals surface area contributed by atoms with E-state index >= 15 is 0 Å². The molecule has 0 unspecified atom stereocenters. The summed E-state index contributed by atoms with van der Waals surface area (Å²) in [5, 5.41) is 5.49. The van der Waals surface area contributed by atoms with Gasteiger partial charge in [-0.15, -0.1) is 0 Å². The lowest BCUT2D eigenvalue weighted by Gasteiger charge is -2.09. The van der Waals surface area contributed by atoms with Crippen molar-refractivity contribution >= 4 is 40.8 Å². The first-order valence-corrected chi connectivity index (χ1v) is 5.27. The van der Waals surface area contributed by atoms with Crippen molar-refractivity contribution in [3.63, 3.8) is 0 Å². The third-order valence-electron chi connectivity index (χ3n) is 1.48. The van der Waals surface area contributed by atoms with Crippen LogP contribution >= 0.6 is 23.8 Å². The molecule has 86 valence electrons. The zero-order valence-corrected chi connectivity index (χ0v) is 10.1. The molecule has 1 amide bonds. The van der Waals surface area contributed by atoms with Crippen molar-refractivity contribution in [2.45, 2.75) is 6.92 Å². The second kappa shape index (κ2) is 6.24. The number of nitrogens with zero attached hydrogens (tertiary/aromatic N) is 1. The summed E-state index contributed by atoms with van der Waals surface area (Å²) in [6, 6.07) is 3.35. The van der Waals surface area contributed by atoms with Crippen LogP contribution in [0.4, 0.5) is 10.6 Å². The van der Waals surface area contributed by atoms with E-state index in [2.05, 4.69) is 20.4 Å². The molecule has 0 spiro atoms. The Morgan fingerprint density at radius 2 is 2.44 bits per heavy atom. The SMILES string of the molecule is CCOC(=O)NC(=S)Nc1ncccc1Cl. The van der Waals surface area contributed by atoms with Gasteiger partial charge in [-0.2, -0.15) is 0 Å². The third kappa shape index (κ3) is 4.00. The van der Waals surface area contributed by atoms with Crippen LogP contribution < -0.4 is 10.6 Å². The molecule has 1 aromatic rings. The van der Waals surface area contributed by atoms with Crippen LogP contribution in [0.25, 0.3) is 0 Å². The van der Waals surface area contributed by atoms with Crippen molar-refractivity contribution < 1.29 is 9.53 Å². The van der Waals surface area contributed by atoms with E-state index in [0.717, 1.165) is 0 Å². The summed E-state index contributed by atoms with van der Waals surface area (Å²) in [6.07, 6.45) is 0.938. The lowest BCUT2D eigenvalue weighted by Crippen LogP contribution is -2.34. The monoisotopic (exact) mass is 259 g/mol. The van der Waals surface area contributed by atoms with Crippen LogP contribution in [0.2, 0.25) is 5.02 Å². The maximum absolute atomic E-state index is 11.0. The second-order valence-corrected chi connectivity index (χ2v) is 3.45. The summed E-state index contributed by atoms with van der Waals surface area (Å²) in [4.78, 5) is 15.0. The molecule has 0 aliphatic heterocycles. The van der Waals surface area contributed by atoms with Crippen molar-refractivity contribution in [3.05, 3.63) is 23.4 Å². The summed E-state index contributed by atoms with van der Waals surface area (Å²) < 4.78 is 4.65. The van der Waals surface area contributed by atoms with Gasteiger partial charge in [0.05, 0.1) is 11.6 Å². The quantitative estimate of drug-likeness (QED) is 0.797. The largest absolute Gasteiger partial charge is 0.450 e. The third-order valence-corrected chi connectivity index (χ3v) is 1.99. The topological polar surface area (TPSA) is 63.2 Å². The Balaban J connectivity index is 2.52. The average molecular weight is 260 g/mol. The van der Waals surface area contributed by atoms with Crippen molar-refractivity contribution in [2.75, 3.05) is 11.9 Å². The Morgan fingerprint density at radius 1 is 1.69 bits per heavy atom. The Kier molecular flexibility index (Phi) is 4.94. The van der Waals surface area contributed by atoms with Gasteiger partial charge in [0.15, 0.2) is 10.9 Å². The second-order valence-electron chi connectivity index (χ2n) is 2.63. The fraction of sp³-hybridized carbons (Fsp3) is 0.222. The van der Waals surface area contributed by atoms with Gasteiger partial charge in [-0.05, 0) is 31.3 Å². The van der Waals surface area contributed by atoms with Crippen molar-refractivity contribution in [1.82, 2.24) is 10.3 Å². The predicted molar refractivity (Wildman–Crippen MR) is 65.6 cm³/mol. The van der Waals surface area contributed by atoms with Gasteiger partial charge in [0.25, 0.3) is 0 Å². The fourth-order valence-corrected chi connectivity index (χ4v) is 1.23. The molecule has 0 bridgehead atoms. The molecule has 0 aromatic carbocycles. The van der Waals surface area contributed by atoms with Crippen LogP contribution in [0.1, 0.15) is 6.92 Å². The number of carbonyl (C=O) groups is 1. The summed E-state index contributed by atoms with van der Waals surface area (Å²) in [5.74, 6) is 0.381. The molecular formula is C9H10ClN3O2S. The van der Waals surface area contributed by atoms with E-state index in [1.807, 2.05) is 0 Å². The minimum Gasteiger partial charge on any atom is -0.450 e. The minimum absolute atomic E-state index is 0.0825. The normalized spacial score (nSPS) is 9.38. The first-order chi connectivity index (χ1) is 7.63. The van der Waals surface area contributed by atoms with E-state index in [0.29, 0.717) is 10.8 Å². The van der Waals surface area contributed by atoms with Gasteiger partial charge >= 0.3 is 6.09 Å². The number of pyridine rings is 1. The number of hydrogen-bond donors (Lipinski definition) is 2. The van der Waals surface area contributed by atoms with E-state index in [1.54, 1.807) is 25.3 Å². The van der Waals surface area contributed by atoms with E-state index in [1.165, 1.54) is 0 Å². The fourth-order valence-electron chi connectivity index (χ4n) is 0.876. The molecule has 0 saturated carbocycles. The number of amides is 1. The Hall–Kier alpha value is -1.40. The number of rotatable bonds is 2. The summed E-state index contributed by atoms with van der Waals surface area (Å²) >= 11 is 10.7. The predicted octanol–water partition coefficient (Wildman–Crippen LogP) is 2.18. The van der Waals surface area contributed by atoms with Crippen LogP contribution in [0, 0.1) is 0 Å². The molecule has 1 heterocycles. The highest BCUT2D eigenvalue weighted by molar-refractivity contribution is 7.80. The summed E-state index contributed by atoms with van der Waals surface area (Å²) in [6.45, 7) is 1.98. The van der Waals surface area contributed by atoms with E-state index < -0.39 is 6.09 Å². The highest BCUT2D eigenvalue weighted by Crippen LogP contribution is 2.16. The maximum atomic E-state index is 11.0. The van der Waals surface area contributed by atoms with Gasteiger partial charge in [0.1, 0.15) is 0 Å². The first-order valence-electron chi connectivity index (χ1n) is 4.48. The first kappa shape index (κ1) is 12.7. The average Bonchev–Trinajstić information content (AvgIpc) is 2.21. The number of carbonyl (C=O) groups excluding carboxylic acids is 1. The molecule has 0 fully saturated rings. The van der Waals surface area contributed by atoms with Gasteiger partial charge in [0.2, 0.25) is 0 Å². The Bertz CT molecular complexity index is 400. The molecule has 0 radical (unpaired) electrons. The smallest absolute Gasteiger partial charge is 0.413 e. The van der Waals surface area contributed by atoms with Gasteiger partial charge in [-0.3, -0.25) is 5.32 Å². The molecule has 0 aliphatic carbocycles. The summed E-state index contributed by atoms with van der Waals surface area (Å²) in [7, 11) is 0. The minimum atomic E-state index is -0.618. The number of nitrogens with one attached hydrogen (secondary N) is 2. The van der Waals surface area contributed by atoms with E-state index in [-0.39, 0.29) is 11.7 Å². The molecule has 1 aromatic heterocycles. The highest BCUT2D eigenvalue weighted by Gasteiger charge is 2.06. The number of ether oxygens (including phenoxy) is 1. The Labute approximate surface area is 103 Å². The van der Waals surface area contributed by atoms with Gasteiger partial charge in [-0.25, -0.2) is 9.78 Å². The van der Waals surface area contributed by atoms with Crippen LogP contribution in [0.15, 0.2) is 18.3 Å². The van der Waals surface area contributed by atoms with Gasteiger partial charge < -0.3 is 10.1 Å². The van der Waals surface area contributed by atoms with Crippen molar-refractivity contribution in [1.29, 1.82) is 0 Å². The van der Waals surface area contributed by atoms with Crippen LogP contribution in [0.3, 0.4) is 0 Å². The molecule has 1 rings (SSSR count). The van der Waals surface area contributed by atoms with Crippen LogP contribution in [-0.4, -0.2) is 22.8 Å². The molecule has 5 nitrogen and oxygen atoms in total. The molecule has 0 saturated heterocycles. The number of aromatic nitrogens is 1. The zero-order chi connectivity index (χ0) is 12.0. The van der Waals surface area contributed by atoms with E-state index in [4.69, 9.17) is 23.8 Å². The lowest BCUT2D eigenvalue weighted by atomic mass is 10.4. The molecule has 16 heavy (non-hydrogen) atoms. The molecule has 2 N–H and O–H groups in total. The zero-order valence-electron chi connectivity index (χ0n) is 8.49. The van der Waals surface area contributed by atoms with Gasteiger partial charge in [-0.1, -0.05) is 11.6 Å². The molecule has 0 aliphatic rings. The molecule has 7 heteroatoms. The molecule has 0 atom stereocenters. The van der Waals surface area contributed by atoms with Crippen LogP contribution in [0.5, 0.6) is 0 Å². The maximum Gasteiger partial charge on any atom is 0.413 e. The number of anilines is 1. The molecular weight excluding hydrogens is 250 g/mol. The highest BCUT2D eigenvalue weighted by atomic mass is 35.5. The van der Waals surface area contributed by atoms with Crippen LogP contribution in [-0.2, 0) is 4.74 Å². The van der Waals surface area contributed by atoms with Gasteiger partial charge in [0, 0.05) is 6.20 Å². The number of thiocarbonyl (C=S) groups is 1. The number of halogens is 1. The van der Waals surface area contributed by atoms with Crippen molar-refractivity contribution in [3.8, 4) is 0 Å². The standard InChI is InChI=1S/C9H10ClN3O2S/c1-2-15-9(14)13-8(16)12-7-6(10)4-3-5-11-7/h3-5H,2H2,1H3,(H2,11,12,13,14,16). The summed E-state index contributed by atoms with van der Waals surface area (Å²) in [5.41, 5.74) is 0.